The second kappa shape index (κ2) is 9.68. The van der Waals surface area contributed by atoms with Crippen LogP contribution in [0.25, 0.3) is 22.6 Å². The Morgan fingerprint density at radius 1 is 1.00 bits per heavy atom. The zero-order chi connectivity index (χ0) is 25.1. The van der Waals surface area contributed by atoms with Crippen LogP contribution in [0.2, 0.25) is 5.02 Å². The molecule has 0 spiro atoms. The third-order valence-electron chi connectivity index (χ3n) is 4.91. The molecule has 0 amide bonds. The number of fused-ring (bicyclic) bond motifs is 1. The number of aryl methyl sites for hydroxylation is 1. The Bertz CT molecular complexity index is 1580. The van der Waals surface area contributed by atoms with E-state index in [1.807, 2.05) is 31.2 Å². The molecule has 0 aliphatic rings. The molecule has 5 rings (SSSR count). The highest BCUT2D eigenvalue weighted by molar-refractivity contribution is 6.32. The van der Waals surface area contributed by atoms with Crippen LogP contribution in [0, 0.1) is 17.0 Å². The SMILES string of the molecule is Cc1ccc(NNc2nc3nonc3nc2N/N=C/c2ccc(-c3ccc(Cl)c([N+](=O)[O-])c3)o2)cc1. The average molecular weight is 506 g/mol. The summed E-state index contributed by atoms with van der Waals surface area (Å²) in [6.07, 6.45) is 1.41. The fourth-order valence-corrected chi connectivity index (χ4v) is 3.30. The van der Waals surface area contributed by atoms with Crippen LogP contribution in [-0.2, 0) is 0 Å². The molecule has 5 aromatic rings. The number of nitrogens with one attached hydrogen (secondary N) is 3. The number of furan rings is 1. The van der Waals surface area contributed by atoms with E-state index in [1.165, 1.54) is 18.3 Å². The number of aromatic nitrogens is 4. The largest absolute Gasteiger partial charge is 0.455 e. The Kier molecular flexibility index (Phi) is 6.11. The predicted octanol–water partition coefficient (Wildman–Crippen LogP) is 5.03. The molecule has 0 saturated heterocycles. The molecule has 3 N–H and O–H groups in total. The predicted molar refractivity (Wildman–Crippen MR) is 133 cm³/mol. The van der Waals surface area contributed by atoms with E-state index in [4.69, 9.17) is 20.6 Å². The van der Waals surface area contributed by atoms with Crippen molar-refractivity contribution >= 4 is 52.1 Å². The number of hydrazine groups is 1. The van der Waals surface area contributed by atoms with E-state index in [0.29, 0.717) is 22.9 Å². The Morgan fingerprint density at radius 2 is 1.75 bits per heavy atom. The van der Waals surface area contributed by atoms with Crippen molar-refractivity contribution < 1.29 is 14.0 Å². The summed E-state index contributed by atoms with van der Waals surface area (Å²) in [5, 5.41) is 22.8. The molecule has 3 aromatic heterocycles. The van der Waals surface area contributed by atoms with E-state index in [0.717, 1.165) is 11.3 Å². The van der Waals surface area contributed by atoms with Crippen molar-refractivity contribution in [1.29, 1.82) is 0 Å². The Morgan fingerprint density at radius 3 is 2.50 bits per heavy atom. The third-order valence-corrected chi connectivity index (χ3v) is 5.23. The molecule has 0 radical (unpaired) electrons. The van der Waals surface area contributed by atoms with Gasteiger partial charge in [0.1, 0.15) is 16.5 Å². The summed E-state index contributed by atoms with van der Waals surface area (Å²) in [5.41, 5.74) is 11.4. The number of nitro benzene ring substituents is 1. The number of nitro groups is 1. The summed E-state index contributed by atoms with van der Waals surface area (Å²) in [6, 6.07) is 15.5. The first-order chi connectivity index (χ1) is 17.5. The lowest BCUT2D eigenvalue weighted by Crippen LogP contribution is -2.13. The van der Waals surface area contributed by atoms with E-state index >= 15 is 0 Å². The number of hydrazone groups is 1. The van der Waals surface area contributed by atoms with Gasteiger partial charge in [0.05, 0.1) is 16.8 Å². The van der Waals surface area contributed by atoms with Crippen molar-refractivity contribution in [2.45, 2.75) is 6.92 Å². The van der Waals surface area contributed by atoms with Crippen molar-refractivity contribution in [1.82, 2.24) is 20.3 Å². The lowest BCUT2D eigenvalue weighted by atomic mass is 10.1. The van der Waals surface area contributed by atoms with Crippen LogP contribution >= 0.6 is 11.6 Å². The van der Waals surface area contributed by atoms with Crippen LogP contribution in [0.3, 0.4) is 0 Å². The lowest BCUT2D eigenvalue weighted by molar-refractivity contribution is -0.384. The van der Waals surface area contributed by atoms with Gasteiger partial charge in [0, 0.05) is 11.6 Å². The Labute approximate surface area is 207 Å². The zero-order valence-electron chi connectivity index (χ0n) is 18.5. The minimum atomic E-state index is -0.553. The molecule has 3 heterocycles. The Balaban J connectivity index is 1.33. The molecule has 180 valence electrons. The van der Waals surface area contributed by atoms with Crippen molar-refractivity contribution in [3.05, 3.63) is 81.1 Å². The van der Waals surface area contributed by atoms with Gasteiger partial charge < -0.3 is 4.42 Å². The van der Waals surface area contributed by atoms with Gasteiger partial charge in [0.2, 0.25) is 11.3 Å². The third kappa shape index (κ3) is 4.90. The molecule has 0 saturated carbocycles. The number of halogens is 1. The highest BCUT2D eigenvalue weighted by Gasteiger charge is 2.15. The van der Waals surface area contributed by atoms with Gasteiger partial charge in [0.25, 0.3) is 5.69 Å². The topological polar surface area (TPSA) is 169 Å². The van der Waals surface area contributed by atoms with Crippen molar-refractivity contribution in [3.8, 4) is 11.3 Å². The number of rotatable bonds is 8. The molecule has 14 heteroatoms. The van der Waals surface area contributed by atoms with E-state index < -0.39 is 4.92 Å². The lowest BCUT2D eigenvalue weighted by Gasteiger charge is -2.11. The molecule has 13 nitrogen and oxygen atoms in total. The summed E-state index contributed by atoms with van der Waals surface area (Å²) in [4.78, 5) is 19.2. The zero-order valence-corrected chi connectivity index (χ0v) is 19.2. The van der Waals surface area contributed by atoms with Crippen LogP contribution in [0.15, 0.2) is 68.7 Å². The smallest absolute Gasteiger partial charge is 0.288 e. The normalized spacial score (nSPS) is 11.2. The number of hydrogen-bond donors (Lipinski definition) is 3. The summed E-state index contributed by atoms with van der Waals surface area (Å²) >= 11 is 5.88. The maximum atomic E-state index is 11.1. The molecule has 0 aliphatic heterocycles. The summed E-state index contributed by atoms with van der Waals surface area (Å²) in [6.45, 7) is 2.00. The molecule has 0 fully saturated rings. The molecular weight excluding hydrogens is 490 g/mol. The van der Waals surface area contributed by atoms with Crippen molar-refractivity contribution in [2.24, 2.45) is 5.10 Å². The van der Waals surface area contributed by atoms with Gasteiger partial charge in [-0.15, -0.1) is 0 Å². The molecule has 0 bridgehead atoms. The molecule has 0 aliphatic carbocycles. The van der Waals surface area contributed by atoms with E-state index in [9.17, 15) is 10.1 Å². The second-order valence-electron chi connectivity index (χ2n) is 7.44. The van der Waals surface area contributed by atoms with Gasteiger partial charge in [-0.25, -0.2) is 4.63 Å². The van der Waals surface area contributed by atoms with Gasteiger partial charge >= 0.3 is 0 Å². The number of nitrogens with zero attached hydrogens (tertiary/aromatic N) is 6. The summed E-state index contributed by atoms with van der Waals surface area (Å²) < 4.78 is 10.4. The van der Waals surface area contributed by atoms with Crippen molar-refractivity contribution in [3.63, 3.8) is 0 Å². The van der Waals surface area contributed by atoms with Crippen LogP contribution < -0.4 is 16.3 Å². The first-order valence-corrected chi connectivity index (χ1v) is 10.8. The number of hydrogen-bond acceptors (Lipinski definition) is 12. The molecular formula is C22H16ClN9O4. The van der Waals surface area contributed by atoms with E-state index in [-0.39, 0.29) is 27.8 Å². The maximum absolute atomic E-state index is 11.1. The highest BCUT2D eigenvalue weighted by atomic mass is 35.5. The maximum Gasteiger partial charge on any atom is 0.288 e. The molecule has 0 atom stereocenters. The first kappa shape index (κ1) is 22.7. The van der Waals surface area contributed by atoms with Gasteiger partial charge in [0.15, 0.2) is 11.6 Å². The molecule has 2 aromatic carbocycles. The average Bonchev–Trinajstić information content (AvgIpc) is 3.53. The van der Waals surface area contributed by atoms with Gasteiger partial charge in [-0.1, -0.05) is 29.3 Å². The van der Waals surface area contributed by atoms with E-state index in [2.05, 4.69) is 41.7 Å². The fraction of sp³-hybridized carbons (Fsp3) is 0.0455. The standard InChI is InChI=1S/C22H16ClN9O4/c1-12-2-5-14(6-3-12)27-29-20-19(25-21-22(26-20)31-36-30-21)28-24-11-15-7-9-18(35-15)13-4-8-16(23)17(10-13)32(33)34/h2-11,27H,1H3,(H,25,28,30)(H,26,29,31)/b24-11+. The Hall–Kier alpha value is -5.04. The minimum Gasteiger partial charge on any atom is -0.455 e. The summed E-state index contributed by atoms with van der Waals surface area (Å²) in [7, 11) is 0. The van der Waals surface area contributed by atoms with E-state index in [1.54, 1.807) is 18.2 Å². The second-order valence-corrected chi connectivity index (χ2v) is 7.85. The van der Waals surface area contributed by atoms with Crippen molar-refractivity contribution in [2.75, 3.05) is 16.3 Å². The molecule has 36 heavy (non-hydrogen) atoms. The van der Waals surface area contributed by atoms with Gasteiger partial charge in [-0.2, -0.15) is 15.1 Å². The summed E-state index contributed by atoms with van der Waals surface area (Å²) in [5.74, 6) is 1.34. The van der Waals surface area contributed by atoms with Crippen LogP contribution in [0.1, 0.15) is 11.3 Å². The van der Waals surface area contributed by atoms with Gasteiger partial charge in [-0.3, -0.25) is 26.4 Å². The van der Waals surface area contributed by atoms with Gasteiger partial charge in [-0.05, 0) is 53.6 Å². The number of benzene rings is 2. The first-order valence-electron chi connectivity index (χ1n) is 10.4. The van der Waals surface area contributed by atoms with Crippen LogP contribution in [0.5, 0.6) is 0 Å². The number of anilines is 3. The minimum absolute atomic E-state index is 0.0444. The van der Waals surface area contributed by atoms with Crippen LogP contribution in [-0.4, -0.2) is 31.4 Å². The van der Waals surface area contributed by atoms with Crippen LogP contribution in [0.4, 0.5) is 23.0 Å². The fourth-order valence-electron chi connectivity index (χ4n) is 3.11. The quantitative estimate of drug-likeness (QED) is 0.147. The molecule has 0 unspecified atom stereocenters. The monoisotopic (exact) mass is 505 g/mol. The highest BCUT2D eigenvalue weighted by Crippen LogP contribution is 2.31.